The molecule has 2 atom stereocenters. The number of nitrogens with one attached hydrogen (secondary N) is 1. The lowest BCUT2D eigenvalue weighted by Gasteiger charge is -2.40. The molecule has 0 amide bonds. The quantitative estimate of drug-likeness (QED) is 0.716. The van der Waals surface area contributed by atoms with E-state index in [4.69, 9.17) is 5.11 Å². The van der Waals surface area contributed by atoms with Crippen molar-refractivity contribution in [1.29, 1.82) is 0 Å². The van der Waals surface area contributed by atoms with Crippen LogP contribution in [0.25, 0.3) is 0 Å². The molecule has 1 saturated carbocycles. The molecule has 1 aliphatic heterocycles. The van der Waals surface area contributed by atoms with Crippen molar-refractivity contribution in [2.45, 2.75) is 38.8 Å². The number of aliphatic carboxylic acids is 1. The first-order chi connectivity index (χ1) is 7.04. The highest BCUT2D eigenvalue weighted by Gasteiger charge is 2.47. The van der Waals surface area contributed by atoms with Crippen molar-refractivity contribution in [1.82, 2.24) is 10.2 Å². The number of carbonyl (C=O) groups is 1. The topological polar surface area (TPSA) is 52.6 Å². The number of nitrogens with zero attached hydrogens (tertiary/aromatic N) is 1. The van der Waals surface area contributed by atoms with Gasteiger partial charge in [0, 0.05) is 25.7 Å². The average Bonchev–Trinajstić information content (AvgIpc) is 2.96. The third-order valence-corrected chi connectivity index (χ3v) is 4.11. The maximum absolute atomic E-state index is 11.1. The molecule has 4 nitrogen and oxygen atoms in total. The van der Waals surface area contributed by atoms with Crippen LogP contribution in [0.1, 0.15) is 26.7 Å². The predicted octanol–water partition coefficient (Wildman–Crippen LogP) is 0.533. The van der Waals surface area contributed by atoms with E-state index in [2.05, 4.69) is 24.1 Å². The molecule has 0 spiro atoms. The molecule has 1 aliphatic carbocycles. The average molecular weight is 212 g/mol. The van der Waals surface area contributed by atoms with Gasteiger partial charge in [0.05, 0.1) is 0 Å². The van der Waals surface area contributed by atoms with Crippen LogP contribution in [0, 0.1) is 5.41 Å². The molecule has 0 aromatic carbocycles. The van der Waals surface area contributed by atoms with Gasteiger partial charge in [-0.05, 0) is 25.2 Å². The summed E-state index contributed by atoms with van der Waals surface area (Å²) < 4.78 is 0. The van der Waals surface area contributed by atoms with Gasteiger partial charge in [0.15, 0.2) is 0 Å². The van der Waals surface area contributed by atoms with Crippen molar-refractivity contribution >= 4 is 5.97 Å². The SMILES string of the molecule is CC(N1CCNCC1C(=O)O)C1(C)CC1. The van der Waals surface area contributed by atoms with Gasteiger partial charge in [-0.2, -0.15) is 0 Å². The third kappa shape index (κ3) is 2.01. The highest BCUT2D eigenvalue weighted by Crippen LogP contribution is 2.50. The Morgan fingerprint density at radius 2 is 2.27 bits per heavy atom. The molecule has 1 heterocycles. The largest absolute Gasteiger partial charge is 0.480 e. The molecule has 15 heavy (non-hydrogen) atoms. The summed E-state index contributed by atoms with van der Waals surface area (Å²) in [5.41, 5.74) is 0.366. The molecule has 86 valence electrons. The molecule has 2 fully saturated rings. The zero-order valence-corrected chi connectivity index (χ0v) is 9.49. The Labute approximate surface area is 90.6 Å². The summed E-state index contributed by atoms with van der Waals surface area (Å²) in [7, 11) is 0. The van der Waals surface area contributed by atoms with Gasteiger partial charge >= 0.3 is 5.97 Å². The Balaban J connectivity index is 2.07. The zero-order valence-electron chi connectivity index (χ0n) is 9.49. The molecule has 2 unspecified atom stereocenters. The van der Waals surface area contributed by atoms with Crippen LogP contribution in [0.4, 0.5) is 0 Å². The number of hydrogen-bond acceptors (Lipinski definition) is 3. The standard InChI is InChI=1S/C11H20N2O2/c1-8(11(2)3-4-11)13-6-5-12-7-9(13)10(14)15/h8-9,12H,3-7H2,1-2H3,(H,14,15). The maximum atomic E-state index is 11.1. The van der Waals surface area contributed by atoms with E-state index in [9.17, 15) is 4.79 Å². The van der Waals surface area contributed by atoms with Gasteiger partial charge in [-0.25, -0.2) is 0 Å². The van der Waals surface area contributed by atoms with Crippen LogP contribution in [-0.2, 0) is 4.79 Å². The molecule has 1 saturated heterocycles. The van der Waals surface area contributed by atoms with Crippen LogP contribution in [0.3, 0.4) is 0 Å². The summed E-state index contributed by atoms with van der Waals surface area (Å²) in [5.74, 6) is -0.696. The normalized spacial score (nSPS) is 32.3. The van der Waals surface area contributed by atoms with Gasteiger partial charge in [-0.3, -0.25) is 9.69 Å². The van der Waals surface area contributed by atoms with Gasteiger partial charge in [0.2, 0.25) is 0 Å². The number of carboxylic acids is 1. The fourth-order valence-corrected chi connectivity index (χ4v) is 2.43. The minimum atomic E-state index is -0.696. The van der Waals surface area contributed by atoms with Gasteiger partial charge in [0.25, 0.3) is 0 Å². The smallest absolute Gasteiger partial charge is 0.322 e. The minimum Gasteiger partial charge on any atom is -0.480 e. The predicted molar refractivity (Wildman–Crippen MR) is 57.8 cm³/mol. The first-order valence-electron chi connectivity index (χ1n) is 5.74. The lowest BCUT2D eigenvalue weighted by Crippen LogP contribution is -2.59. The van der Waals surface area contributed by atoms with Crippen LogP contribution >= 0.6 is 0 Å². The lowest BCUT2D eigenvalue weighted by atomic mass is 9.96. The molecule has 2 N–H and O–H groups in total. The fourth-order valence-electron chi connectivity index (χ4n) is 2.43. The molecule has 4 heteroatoms. The second kappa shape index (κ2) is 3.76. The van der Waals surface area contributed by atoms with Crippen LogP contribution in [0.5, 0.6) is 0 Å². The van der Waals surface area contributed by atoms with E-state index < -0.39 is 5.97 Å². The molecule has 0 bridgehead atoms. The molecule has 2 aliphatic rings. The first-order valence-corrected chi connectivity index (χ1v) is 5.74. The van der Waals surface area contributed by atoms with Crippen LogP contribution in [0.2, 0.25) is 0 Å². The van der Waals surface area contributed by atoms with Crippen molar-refractivity contribution in [3.05, 3.63) is 0 Å². The van der Waals surface area contributed by atoms with Gasteiger partial charge in [-0.1, -0.05) is 6.92 Å². The van der Waals surface area contributed by atoms with E-state index in [-0.39, 0.29) is 6.04 Å². The minimum absolute atomic E-state index is 0.342. The number of carboxylic acid groups (broad SMARTS) is 1. The second-order valence-electron chi connectivity index (χ2n) is 5.13. The van der Waals surface area contributed by atoms with E-state index in [1.807, 2.05) is 0 Å². The van der Waals surface area contributed by atoms with E-state index >= 15 is 0 Å². The highest BCUT2D eigenvalue weighted by atomic mass is 16.4. The van der Waals surface area contributed by atoms with Crippen molar-refractivity contribution in [2.24, 2.45) is 5.41 Å². The molecule has 0 aromatic rings. The molecule has 0 radical (unpaired) electrons. The fraction of sp³-hybridized carbons (Fsp3) is 0.909. The summed E-state index contributed by atoms with van der Waals surface area (Å²) >= 11 is 0. The van der Waals surface area contributed by atoms with Gasteiger partial charge in [-0.15, -0.1) is 0 Å². The number of hydrogen-bond donors (Lipinski definition) is 2. The molecule has 2 rings (SSSR count). The van der Waals surface area contributed by atoms with Gasteiger partial charge in [0.1, 0.15) is 6.04 Å². The molecular weight excluding hydrogens is 192 g/mol. The first kappa shape index (κ1) is 10.9. The summed E-state index contributed by atoms with van der Waals surface area (Å²) in [6.07, 6.45) is 2.48. The Kier molecular flexibility index (Phi) is 2.73. The Morgan fingerprint density at radius 3 is 2.80 bits per heavy atom. The van der Waals surface area contributed by atoms with Crippen molar-refractivity contribution in [3.63, 3.8) is 0 Å². The molecule has 0 aromatic heterocycles. The van der Waals surface area contributed by atoms with E-state index in [0.29, 0.717) is 18.0 Å². The Morgan fingerprint density at radius 1 is 1.60 bits per heavy atom. The Bertz CT molecular complexity index is 263. The third-order valence-electron chi connectivity index (χ3n) is 4.11. The summed E-state index contributed by atoms with van der Waals surface area (Å²) in [6, 6.07) is 0.0480. The zero-order chi connectivity index (χ0) is 11.1. The van der Waals surface area contributed by atoms with Crippen molar-refractivity contribution in [2.75, 3.05) is 19.6 Å². The van der Waals surface area contributed by atoms with Crippen molar-refractivity contribution < 1.29 is 9.90 Å². The van der Waals surface area contributed by atoms with Gasteiger partial charge < -0.3 is 10.4 Å². The van der Waals surface area contributed by atoms with Crippen LogP contribution < -0.4 is 5.32 Å². The summed E-state index contributed by atoms with van der Waals surface area (Å²) in [5, 5.41) is 12.3. The Hall–Kier alpha value is -0.610. The maximum Gasteiger partial charge on any atom is 0.322 e. The molecular formula is C11H20N2O2. The monoisotopic (exact) mass is 212 g/mol. The number of piperazine rings is 1. The van der Waals surface area contributed by atoms with E-state index in [1.165, 1.54) is 12.8 Å². The van der Waals surface area contributed by atoms with E-state index in [0.717, 1.165) is 13.1 Å². The number of rotatable bonds is 3. The van der Waals surface area contributed by atoms with Crippen molar-refractivity contribution in [3.8, 4) is 0 Å². The second-order valence-corrected chi connectivity index (χ2v) is 5.13. The lowest BCUT2D eigenvalue weighted by molar-refractivity contribution is -0.145. The van der Waals surface area contributed by atoms with E-state index in [1.54, 1.807) is 0 Å². The highest BCUT2D eigenvalue weighted by molar-refractivity contribution is 5.74. The summed E-state index contributed by atoms with van der Waals surface area (Å²) in [4.78, 5) is 13.3. The van der Waals surface area contributed by atoms with Crippen LogP contribution in [-0.4, -0.2) is 47.7 Å². The summed E-state index contributed by atoms with van der Waals surface area (Å²) in [6.45, 7) is 6.78. The van der Waals surface area contributed by atoms with Crippen LogP contribution in [0.15, 0.2) is 0 Å².